The van der Waals surface area contributed by atoms with Crippen LogP contribution in [0.2, 0.25) is 0 Å². The normalized spacial score (nSPS) is 12.4. The van der Waals surface area contributed by atoms with E-state index in [0.717, 1.165) is 33.4 Å². The Hall–Kier alpha value is -4.53. The van der Waals surface area contributed by atoms with Crippen molar-refractivity contribution < 1.29 is 13.2 Å². The van der Waals surface area contributed by atoms with Gasteiger partial charge in [0.2, 0.25) is 0 Å². The highest BCUT2D eigenvalue weighted by molar-refractivity contribution is 6.06. The summed E-state index contributed by atoms with van der Waals surface area (Å²) < 4.78 is 40.7. The number of pyridine rings is 1. The molecule has 35 heavy (non-hydrogen) atoms. The number of fused-ring (bicyclic) bond motifs is 2. The fraction of sp³-hybridized carbons (Fsp3) is 0.0769. The molecule has 5 rings (SSSR count). The van der Waals surface area contributed by atoms with Gasteiger partial charge in [-0.25, -0.2) is 0 Å². The first kappa shape index (κ1) is 22.3. The summed E-state index contributed by atoms with van der Waals surface area (Å²) in [5, 5.41) is 10.2. The third kappa shape index (κ3) is 4.12. The molecule has 0 aliphatic heterocycles. The van der Waals surface area contributed by atoms with Gasteiger partial charge in [-0.3, -0.25) is 15.3 Å². The molecule has 0 aliphatic carbocycles. The number of aryl methyl sites for hydroxylation is 1. The Morgan fingerprint density at radius 3 is 2.46 bits per heavy atom. The third-order valence-corrected chi connectivity index (χ3v) is 5.82. The van der Waals surface area contributed by atoms with E-state index in [1.54, 1.807) is 12.1 Å². The molecule has 0 saturated carbocycles. The molecule has 0 aliphatic rings. The van der Waals surface area contributed by atoms with Gasteiger partial charge in [0.05, 0.1) is 17.1 Å². The smallest absolute Gasteiger partial charge is 0.395 e. The highest BCUT2D eigenvalue weighted by atomic mass is 19.4. The third-order valence-electron chi connectivity index (χ3n) is 5.82. The lowest BCUT2D eigenvalue weighted by Crippen LogP contribution is -2.21. The van der Waals surface area contributed by atoms with Crippen LogP contribution in [0.3, 0.4) is 0 Å². The molecule has 9 heteroatoms. The topological polar surface area (TPSA) is 86.7 Å². The molecule has 5 aromatic rings. The van der Waals surface area contributed by atoms with Crippen LogP contribution in [-0.2, 0) is 7.05 Å². The van der Waals surface area contributed by atoms with Crippen LogP contribution < -0.4 is 10.6 Å². The predicted molar refractivity (Wildman–Crippen MR) is 132 cm³/mol. The predicted octanol–water partition coefficient (Wildman–Crippen LogP) is 6.30. The Morgan fingerprint density at radius 1 is 1.03 bits per heavy atom. The number of H-pyrrole nitrogens is 1. The first-order valence-electron chi connectivity index (χ1n) is 10.7. The summed E-state index contributed by atoms with van der Waals surface area (Å²) in [4.78, 5) is 9.49. The van der Waals surface area contributed by atoms with Crippen molar-refractivity contribution >= 4 is 44.8 Å². The molecule has 0 amide bonds. The van der Waals surface area contributed by atoms with Crippen LogP contribution in [0, 0.1) is 5.41 Å². The van der Waals surface area contributed by atoms with Crippen molar-refractivity contribution in [1.29, 1.82) is 5.41 Å². The van der Waals surface area contributed by atoms with Gasteiger partial charge in [0.1, 0.15) is 17.3 Å². The Bertz CT molecular complexity index is 1560. The van der Waals surface area contributed by atoms with E-state index < -0.39 is 17.6 Å². The molecule has 0 unspecified atom stereocenters. The maximum absolute atomic E-state index is 12.9. The number of aromatic amines is 1. The lowest BCUT2D eigenvalue weighted by molar-refractivity contribution is -0.0925. The highest BCUT2D eigenvalue weighted by Crippen LogP contribution is 2.38. The van der Waals surface area contributed by atoms with Crippen molar-refractivity contribution in [3.8, 4) is 0 Å². The minimum atomic E-state index is -4.72. The van der Waals surface area contributed by atoms with E-state index in [4.69, 9.17) is 11.1 Å². The summed E-state index contributed by atoms with van der Waals surface area (Å²) in [5.41, 5.74) is 5.98. The Kier molecular flexibility index (Phi) is 5.32. The number of halogens is 3. The van der Waals surface area contributed by atoms with Crippen molar-refractivity contribution in [3.63, 3.8) is 0 Å². The van der Waals surface area contributed by atoms with Crippen LogP contribution >= 0.6 is 0 Å². The summed E-state index contributed by atoms with van der Waals surface area (Å²) in [5.74, 6) is 1.58. The van der Waals surface area contributed by atoms with E-state index >= 15 is 0 Å². The standard InChI is InChI=1S/C26H21F3N6/c1-34-22-9-5-3-7-17(22)13-25(34)35(24-12-16-6-2-4-8-20(16)33-24)18-10-11-32-21(14-18)19(30)15-23(31)26(27,28)29/h2-15,30,33H,31H2,1H3. The number of aromatic nitrogens is 3. The average molecular weight is 474 g/mol. The molecule has 0 saturated heterocycles. The number of hydrogen-bond donors (Lipinski definition) is 3. The van der Waals surface area contributed by atoms with Crippen molar-refractivity contribution in [2.24, 2.45) is 12.8 Å². The zero-order valence-corrected chi connectivity index (χ0v) is 18.6. The van der Waals surface area contributed by atoms with Crippen LogP contribution in [0.15, 0.2) is 90.8 Å². The summed E-state index contributed by atoms with van der Waals surface area (Å²) in [6, 6.07) is 23.2. The molecule has 0 fully saturated rings. The Balaban J connectivity index is 1.67. The molecular weight excluding hydrogens is 453 g/mol. The Labute approximate surface area is 198 Å². The van der Waals surface area contributed by atoms with Gasteiger partial charge in [0.15, 0.2) is 0 Å². The van der Waals surface area contributed by atoms with Crippen LogP contribution in [-0.4, -0.2) is 26.4 Å². The van der Waals surface area contributed by atoms with Gasteiger partial charge in [-0.2, -0.15) is 13.2 Å². The number of allylic oxidation sites excluding steroid dienone is 2. The number of nitrogens with zero attached hydrogens (tertiary/aromatic N) is 3. The molecule has 2 aromatic carbocycles. The van der Waals surface area contributed by atoms with E-state index in [9.17, 15) is 13.2 Å². The fourth-order valence-electron chi connectivity index (χ4n) is 4.08. The van der Waals surface area contributed by atoms with Crippen LogP contribution in [0.1, 0.15) is 5.69 Å². The lowest BCUT2D eigenvalue weighted by Gasteiger charge is -2.24. The maximum atomic E-state index is 12.9. The number of alkyl halides is 3. The van der Waals surface area contributed by atoms with E-state index in [0.29, 0.717) is 11.8 Å². The van der Waals surface area contributed by atoms with Gasteiger partial charge >= 0.3 is 6.18 Å². The number of hydrogen-bond acceptors (Lipinski definition) is 4. The number of anilines is 3. The van der Waals surface area contributed by atoms with Gasteiger partial charge in [0, 0.05) is 35.1 Å². The lowest BCUT2D eigenvalue weighted by atomic mass is 10.2. The quantitative estimate of drug-likeness (QED) is 0.261. The molecule has 176 valence electrons. The minimum absolute atomic E-state index is 0.0644. The van der Waals surface area contributed by atoms with Gasteiger partial charge in [0.25, 0.3) is 0 Å². The first-order chi connectivity index (χ1) is 16.7. The SMILES string of the molecule is Cn1c(N(c2ccnc(C(=N)C=C(N)C(F)(F)F)c2)c2cc3ccccc3[nH]2)cc2ccccc21. The molecule has 3 heterocycles. The largest absolute Gasteiger partial charge is 0.430 e. The van der Waals surface area contributed by atoms with Crippen LogP contribution in [0.4, 0.5) is 30.5 Å². The summed E-state index contributed by atoms with van der Waals surface area (Å²) in [6.07, 6.45) is -2.67. The maximum Gasteiger partial charge on any atom is 0.430 e. The van der Waals surface area contributed by atoms with E-state index in [2.05, 4.69) is 9.97 Å². The second-order valence-corrected chi connectivity index (χ2v) is 8.11. The zero-order valence-electron chi connectivity index (χ0n) is 18.6. The van der Waals surface area contributed by atoms with Crippen molar-refractivity contribution in [2.75, 3.05) is 4.90 Å². The first-order valence-corrected chi connectivity index (χ1v) is 10.7. The monoisotopic (exact) mass is 474 g/mol. The Morgan fingerprint density at radius 2 is 1.74 bits per heavy atom. The van der Waals surface area contributed by atoms with E-state index in [-0.39, 0.29) is 5.69 Å². The molecular formula is C26H21F3N6. The number of rotatable bonds is 5. The summed E-state index contributed by atoms with van der Waals surface area (Å²) in [6.45, 7) is 0. The average Bonchev–Trinajstić information content (AvgIpc) is 3.40. The number of nitrogens with two attached hydrogens (primary N) is 1. The highest BCUT2D eigenvalue weighted by Gasteiger charge is 2.31. The molecule has 0 bridgehead atoms. The van der Waals surface area contributed by atoms with Crippen molar-refractivity contribution in [2.45, 2.75) is 6.18 Å². The van der Waals surface area contributed by atoms with Crippen LogP contribution in [0.25, 0.3) is 21.8 Å². The number of nitrogens with one attached hydrogen (secondary N) is 2. The van der Waals surface area contributed by atoms with E-state index in [1.165, 1.54) is 6.20 Å². The number of benzene rings is 2. The second-order valence-electron chi connectivity index (χ2n) is 8.11. The van der Waals surface area contributed by atoms with Crippen molar-refractivity contribution in [1.82, 2.24) is 14.5 Å². The molecule has 4 N–H and O–H groups in total. The second kappa shape index (κ2) is 8.35. The van der Waals surface area contributed by atoms with Crippen molar-refractivity contribution in [3.05, 3.63) is 96.5 Å². The van der Waals surface area contributed by atoms with E-state index in [1.807, 2.05) is 77.2 Å². The van der Waals surface area contributed by atoms with Gasteiger partial charge in [-0.1, -0.05) is 36.4 Å². The molecule has 0 radical (unpaired) electrons. The minimum Gasteiger partial charge on any atom is -0.395 e. The molecule has 3 aromatic heterocycles. The zero-order chi connectivity index (χ0) is 24.7. The van der Waals surface area contributed by atoms with Crippen LogP contribution in [0.5, 0.6) is 0 Å². The fourth-order valence-corrected chi connectivity index (χ4v) is 4.08. The number of para-hydroxylation sites is 2. The van der Waals surface area contributed by atoms with Gasteiger partial charge in [-0.05, 0) is 42.5 Å². The molecule has 0 spiro atoms. The molecule has 6 nitrogen and oxygen atoms in total. The summed E-state index contributed by atoms with van der Waals surface area (Å²) in [7, 11) is 1.95. The summed E-state index contributed by atoms with van der Waals surface area (Å²) >= 11 is 0. The van der Waals surface area contributed by atoms with Gasteiger partial charge < -0.3 is 15.3 Å². The van der Waals surface area contributed by atoms with Gasteiger partial charge in [-0.15, -0.1) is 0 Å². The molecule has 0 atom stereocenters.